The van der Waals surface area contributed by atoms with Crippen molar-refractivity contribution in [3.8, 4) is 0 Å². The minimum Gasteiger partial charge on any atom is -0.260 e. The summed E-state index contributed by atoms with van der Waals surface area (Å²) < 4.78 is 0. The van der Waals surface area contributed by atoms with Crippen LogP contribution in [0.1, 0.15) is 20.8 Å². The Labute approximate surface area is 78.6 Å². The third kappa shape index (κ3) is 2.79. The van der Waals surface area contributed by atoms with Crippen molar-refractivity contribution in [2.45, 2.75) is 37.1 Å². The summed E-state index contributed by atoms with van der Waals surface area (Å²) >= 11 is 11.9. The first kappa shape index (κ1) is 11.5. The Morgan fingerprint density at radius 3 is 1.64 bits per heavy atom. The quantitative estimate of drug-likeness (QED) is 0.532. The lowest BCUT2D eigenvalue weighted by Crippen LogP contribution is -2.58. The van der Waals surface area contributed by atoms with Crippen LogP contribution < -0.4 is 10.9 Å². The van der Waals surface area contributed by atoms with Crippen molar-refractivity contribution in [2.24, 2.45) is 0 Å². The van der Waals surface area contributed by atoms with Gasteiger partial charge in [0, 0.05) is 0 Å². The first-order chi connectivity index (χ1) is 4.95. The minimum absolute atomic E-state index is 0.0255. The van der Waals surface area contributed by atoms with Gasteiger partial charge in [-0.05, 0) is 27.8 Å². The van der Waals surface area contributed by atoms with Crippen molar-refractivity contribution in [1.82, 2.24) is 10.9 Å². The molecule has 0 aliphatic carbocycles. The molecule has 0 aromatic rings. The highest BCUT2D eigenvalue weighted by Gasteiger charge is 2.34. The van der Waals surface area contributed by atoms with Gasteiger partial charge in [0.1, 0.15) is 0 Å². The van der Waals surface area contributed by atoms with E-state index in [1.165, 1.54) is 0 Å². The van der Waals surface area contributed by atoms with Gasteiger partial charge in [-0.25, -0.2) is 5.43 Å². The Morgan fingerprint density at radius 2 is 1.55 bits per heavy atom. The van der Waals surface area contributed by atoms with Crippen LogP contribution in [0.3, 0.4) is 0 Å². The first-order valence-electron chi connectivity index (χ1n) is 3.67. The van der Waals surface area contributed by atoms with E-state index >= 15 is 0 Å². The van der Waals surface area contributed by atoms with E-state index in [9.17, 15) is 0 Å². The Balaban J connectivity index is 4.26. The van der Waals surface area contributed by atoms with Gasteiger partial charge >= 0.3 is 0 Å². The van der Waals surface area contributed by atoms with Crippen molar-refractivity contribution < 1.29 is 0 Å². The van der Waals surface area contributed by atoms with E-state index in [4.69, 9.17) is 23.2 Å². The van der Waals surface area contributed by atoms with E-state index in [1.54, 1.807) is 7.05 Å². The van der Waals surface area contributed by atoms with Crippen LogP contribution in [0.15, 0.2) is 0 Å². The Hall–Kier alpha value is 0.500. The van der Waals surface area contributed by atoms with Gasteiger partial charge in [0.2, 0.25) is 0 Å². The second kappa shape index (κ2) is 4.51. The fourth-order valence-electron chi connectivity index (χ4n) is 0.785. The normalized spacial score (nSPS) is 22.4. The third-order valence-electron chi connectivity index (χ3n) is 2.05. The molecule has 0 fully saturated rings. The summed E-state index contributed by atoms with van der Waals surface area (Å²) in [6.45, 7) is 5.83. The molecule has 0 spiro atoms. The number of nitrogens with one attached hydrogen (secondary N) is 2. The molecule has 68 valence electrons. The zero-order valence-corrected chi connectivity index (χ0v) is 8.92. The minimum atomic E-state index is -0.280. The Kier molecular flexibility index (Phi) is 4.71. The average molecular weight is 199 g/mol. The predicted molar refractivity (Wildman–Crippen MR) is 51.2 cm³/mol. The molecule has 0 aliphatic heterocycles. The lowest BCUT2D eigenvalue weighted by atomic mass is 9.96. The number of alkyl halides is 2. The molecule has 2 unspecified atom stereocenters. The van der Waals surface area contributed by atoms with E-state index < -0.39 is 0 Å². The second-order valence-corrected chi connectivity index (χ2v) is 4.20. The molecule has 0 saturated carbocycles. The van der Waals surface area contributed by atoms with Gasteiger partial charge in [-0.3, -0.25) is 5.43 Å². The maximum atomic E-state index is 5.97. The maximum Gasteiger partial charge on any atom is 0.0616 e. The summed E-state index contributed by atoms with van der Waals surface area (Å²) in [5, 5.41) is -0.0510. The molecular formula is C7H16Cl2N2. The van der Waals surface area contributed by atoms with Crippen molar-refractivity contribution in [1.29, 1.82) is 0 Å². The summed E-state index contributed by atoms with van der Waals surface area (Å²) in [6.07, 6.45) is 0. The standard InChI is InChI=1S/C7H16Cl2N2/c1-5(8)7(3,6(2)9)11-10-4/h5-6,10-11H,1-4H3. The smallest absolute Gasteiger partial charge is 0.0616 e. The Morgan fingerprint density at radius 1 is 1.18 bits per heavy atom. The number of halogens is 2. The monoisotopic (exact) mass is 198 g/mol. The summed E-state index contributed by atoms with van der Waals surface area (Å²) in [6, 6.07) is 0. The summed E-state index contributed by atoms with van der Waals surface area (Å²) in [5.41, 5.74) is 5.62. The molecule has 0 saturated heterocycles. The number of rotatable bonds is 4. The number of hydrogen-bond acceptors (Lipinski definition) is 2. The molecule has 11 heavy (non-hydrogen) atoms. The van der Waals surface area contributed by atoms with Crippen LogP contribution in [0.5, 0.6) is 0 Å². The van der Waals surface area contributed by atoms with Crippen molar-refractivity contribution in [2.75, 3.05) is 7.05 Å². The first-order valence-corrected chi connectivity index (χ1v) is 4.54. The molecule has 4 heteroatoms. The van der Waals surface area contributed by atoms with Gasteiger partial charge in [0.25, 0.3) is 0 Å². The molecule has 2 nitrogen and oxygen atoms in total. The molecule has 0 amide bonds. The molecule has 2 atom stereocenters. The molecular weight excluding hydrogens is 183 g/mol. The van der Waals surface area contributed by atoms with Crippen molar-refractivity contribution >= 4 is 23.2 Å². The molecule has 0 aromatic carbocycles. The summed E-state index contributed by atoms with van der Waals surface area (Å²) in [5.74, 6) is 0. The van der Waals surface area contributed by atoms with Crippen LogP contribution in [-0.4, -0.2) is 23.3 Å². The van der Waals surface area contributed by atoms with Crippen LogP contribution in [0, 0.1) is 0 Å². The van der Waals surface area contributed by atoms with Gasteiger partial charge in [-0.15, -0.1) is 23.2 Å². The van der Waals surface area contributed by atoms with Crippen LogP contribution in [0.4, 0.5) is 0 Å². The van der Waals surface area contributed by atoms with Crippen molar-refractivity contribution in [3.05, 3.63) is 0 Å². The van der Waals surface area contributed by atoms with E-state index in [-0.39, 0.29) is 16.3 Å². The van der Waals surface area contributed by atoms with Crippen LogP contribution in [0.25, 0.3) is 0 Å². The van der Waals surface area contributed by atoms with Crippen LogP contribution in [0.2, 0.25) is 0 Å². The molecule has 0 heterocycles. The zero-order valence-electron chi connectivity index (χ0n) is 7.41. The summed E-state index contributed by atoms with van der Waals surface area (Å²) in [7, 11) is 1.80. The number of hydrogen-bond donors (Lipinski definition) is 2. The highest BCUT2D eigenvalue weighted by atomic mass is 35.5. The molecule has 0 rings (SSSR count). The van der Waals surface area contributed by atoms with Gasteiger partial charge < -0.3 is 0 Å². The fraction of sp³-hybridized carbons (Fsp3) is 1.00. The molecule has 0 radical (unpaired) electrons. The topological polar surface area (TPSA) is 24.1 Å². The Bertz CT molecular complexity index is 107. The zero-order chi connectivity index (χ0) is 9.07. The average Bonchev–Trinajstić information content (AvgIpc) is 1.87. The third-order valence-corrected chi connectivity index (χ3v) is 2.95. The summed E-state index contributed by atoms with van der Waals surface area (Å²) in [4.78, 5) is 0. The van der Waals surface area contributed by atoms with Crippen LogP contribution in [-0.2, 0) is 0 Å². The van der Waals surface area contributed by atoms with Crippen LogP contribution >= 0.6 is 23.2 Å². The lowest BCUT2D eigenvalue weighted by molar-refractivity contribution is 0.309. The van der Waals surface area contributed by atoms with E-state index in [0.717, 1.165) is 0 Å². The second-order valence-electron chi connectivity index (χ2n) is 2.89. The molecule has 0 bridgehead atoms. The highest BCUT2D eigenvalue weighted by Crippen LogP contribution is 2.23. The SMILES string of the molecule is CNNC(C)(C(C)Cl)C(C)Cl. The number of hydrazine groups is 1. The fourth-order valence-corrected chi connectivity index (χ4v) is 1.34. The van der Waals surface area contributed by atoms with Crippen molar-refractivity contribution in [3.63, 3.8) is 0 Å². The predicted octanol–water partition coefficient (Wildman–Crippen LogP) is 1.72. The van der Waals surface area contributed by atoms with Gasteiger partial charge in [0.05, 0.1) is 16.3 Å². The molecule has 2 N–H and O–H groups in total. The molecule has 0 aromatic heterocycles. The largest absolute Gasteiger partial charge is 0.260 e. The van der Waals surface area contributed by atoms with Gasteiger partial charge in [-0.2, -0.15) is 0 Å². The lowest BCUT2D eigenvalue weighted by Gasteiger charge is -2.35. The maximum absolute atomic E-state index is 5.97. The van der Waals surface area contributed by atoms with E-state index in [1.807, 2.05) is 20.8 Å². The van der Waals surface area contributed by atoms with E-state index in [0.29, 0.717) is 0 Å². The molecule has 0 aliphatic rings. The van der Waals surface area contributed by atoms with Gasteiger partial charge in [0.15, 0.2) is 0 Å². The van der Waals surface area contributed by atoms with Gasteiger partial charge in [-0.1, -0.05) is 0 Å². The van der Waals surface area contributed by atoms with E-state index in [2.05, 4.69) is 10.9 Å². The highest BCUT2D eigenvalue weighted by molar-refractivity contribution is 6.24.